The minimum absolute atomic E-state index is 0.0224. The number of nitriles is 1. The number of rotatable bonds is 6. The zero-order valence-electron chi connectivity index (χ0n) is 16.2. The second-order valence-corrected chi connectivity index (χ2v) is 6.86. The molecule has 1 N–H and O–H groups in total. The van der Waals surface area contributed by atoms with Crippen molar-refractivity contribution in [3.8, 4) is 6.07 Å². The van der Waals surface area contributed by atoms with Crippen LogP contribution in [0.25, 0.3) is 5.57 Å². The Kier molecular flexibility index (Phi) is 8.51. The molecule has 0 saturated heterocycles. The van der Waals surface area contributed by atoms with Gasteiger partial charge in [-0.1, -0.05) is 31.7 Å². The lowest BCUT2D eigenvalue weighted by Gasteiger charge is -2.17. The van der Waals surface area contributed by atoms with Crippen LogP contribution in [-0.4, -0.2) is 7.05 Å². The van der Waals surface area contributed by atoms with Gasteiger partial charge in [-0.3, -0.25) is 0 Å². The average Bonchev–Trinajstić information content (AvgIpc) is 3.15. The molecule has 1 aliphatic rings. The molecule has 1 aromatic rings. The van der Waals surface area contributed by atoms with E-state index < -0.39 is 5.92 Å². The molecule has 0 amide bonds. The highest BCUT2D eigenvalue weighted by atomic mass is 19.3. The molecule has 1 aromatic carbocycles. The molecular formula is C22H30F2N2. The minimum Gasteiger partial charge on any atom is -0.379 e. The predicted molar refractivity (Wildman–Crippen MR) is 105 cm³/mol. The Morgan fingerprint density at radius 1 is 1.27 bits per heavy atom. The highest BCUT2D eigenvalue weighted by Crippen LogP contribution is 2.33. The van der Waals surface area contributed by atoms with Crippen molar-refractivity contribution in [2.75, 3.05) is 7.05 Å². The normalized spacial score (nSPS) is 15.5. The molecule has 0 heterocycles. The summed E-state index contributed by atoms with van der Waals surface area (Å²) in [7, 11) is 1.67. The summed E-state index contributed by atoms with van der Waals surface area (Å²) in [6.07, 6.45) is 6.97. The van der Waals surface area contributed by atoms with Crippen LogP contribution in [0.5, 0.6) is 0 Å². The molecule has 0 spiro atoms. The second-order valence-electron chi connectivity index (χ2n) is 6.86. The standard InChI is InChI=1S/C20H26F2N2.C2H4/c1-14(19(13-23)24-3)17-10-16(9-8-15-6-4-5-7-15)11-18(12-17)20(2,21)22;1-2/h10-12,15,24H,4-9H2,1-3H3;1-2H2/b19-14+;. The Balaban J connectivity index is 0.00000163. The lowest BCUT2D eigenvalue weighted by molar-refractivity contribution is 0.0173. The van der Waals surface area contributed by atoms with Crippen LogP contribution >= 0.6 is 0 Å². The summed E-state index contributed by atoms with van der Waals surface area (Å²) in [4.78, 5) is 0. The number of halogens is 2. The smallest absolute Gasteiger partial charge is 0.270 e. The molecular weight excluding hydrogens is 330 g/mol. The fourth-order valence-electron chi connectivity index (χ4n) is 3.45. The van der Waals surface area contributed by atoms with Gasteiger partial charge in [-0.2, -0.15) is 5.26 Å². The van der Waals surface area contributed by atoms with E-state index in [0.29, 0.717) is 16.8 Å². The Hall–Kier alpha value is -2.15. The Morgan fingerprint density at radius 3 is 2.38 bits per heavy atom. The van der Waals surface area contributed by atoms with Crippen LogP contribution in [0.4, 0.5) is 8.78 Å². The topological polar surface area (TPSA) is 35.8 Å². The molecule has 1 saturated carbocycles. The molecule has 2 rings (SSSR count). The fraction of sp³-hybridized carbons (Fsp3) is 0.500. The van der Waals surface area contributed by atoms with E-state index in [-0.39, 0.29) is 5.56 Å². The third-order valence-electron chi connectivity index (χ3n) is 4.99. The Bertz CT molecular complexity index is 660. The van der Waals surface area contributed by atoms with Gasteiger partial charge in [0.15, 0.2) is 0 Å². The van der Waals surface area contributed by atoms with Gasteiger partial charge in [-0.25, -0.2) is 8.78 Å². The summed E-state index contributed by atoms with van der Waals surface area (Å²) in [6, 6.07) is 7.16. The van der Waals surface area contributed by atoms with E-state index in [2.05, 4.69) is 24.5 Å². The summed E-state index contributed by atoms with van der Waals surface area (Å²) in [5.74, 6) is -2.16. The van der Waals surface area contributed by atoms with Crippen LogP contribution in [-0.2, 0) is 12.3 Å². The van der Waals surface area contributed by atoms with E-state index >= 15 is 0 Å². The van der Waals surface area contributed by atoms with Gasteiger partial charge in [-0.05, 0) is 54.5 Å². The molecule has 0 aromatic heterocycles. The van der Waals surface area contributed by atoms with Gasteiger partial charge in [0.05, 0.1) is 0 Å². The number of allylic oxidation sites excluding steroid dienone is 2. The summed E-state index contributed by atoms with van der Waals surface area (Å²) in [5.41, 5.74) is 2.76. The number of aryl methyl sites for hydroxylation is 1. The van der Waals surface area contributed by atoms with Crippen LogP contribution in [0.2, 0.25) is 0 Å². The van der Waals surface area contributed by atoms with Gasteiger partial charge >= 0.3 is 0 Å². The first-order chi connectivity index (χ1) is 12.3. The average molecular weight is 360 g/mol. The Morgan fingerprint density at radius 2 is 1.88 bits per heavy atom. The molecule has 0 unspecified atom stereocenters. The maximum atomic E-state index is 13.9. The van der Waals surface area contributed by atoms with Crippen LogP contribution in [0.1, 0.15) is 62.6 Å². The first kappa shape index (κ1) is 21.9. The molecule has 2 nitrogen and oxygen atoms in total. The van der Waals surface area contributed by atoms with E-state index in [9.17, 15) is 14.0 Å². The summed E-state index contributed by atoms with van der Waals surface area (Å²) in [6.45, 7) is 8.72. The molecule has 0 radical (unpaired) electrons. The first-order valence-corrected chi connectivity index (χ1v) is 9.16. The van der Waals surface area contributed by atoms with Crippen molar-refractivity contribution in [1.29, 1.82) is 5.26 Å². The maximum Gasteiger partial charge on any atom is 0.270 e. The predicted octanol–water partition coefficient (Wildman–Crippen LogP) is 6.20. The zero-order valence-corrected chi connectivity index (χ0v) is 16.2. The van der Waals surface area contributed by atoms with E-state index in [1.165, 1.54) is 31.7 Å². The van der Waals surface area contributed by atoms with Crippen LogP contribution in [0.15, 0.2) is 37.1 Å². The summed E-state index contributed by atoms with van der Waals surface area (Å²) < 4.78 is 27.8. The Labute approximate surface area is 156 Å². The van der Waals surface area contributed by atoms with E-state index in [1.807, 2.05) is 6.07 Å². The van der Waals surface area contributed by atoms with Crippen molar-refractivity contribution in [2.45, 2.75) is 58.3 Å². The molecule has 4 heteroatoms. The number of hydrogen-bond acceptors (Lipinski definition) is 2. The first-order valence-electron chi connectivity index (χ1n) is 9.16. The summed E-state index contributed by atoms with van der Waals surface area (Å²) >= 11 is 0. The molecule has 26 heavy (non-hydrogen) atoms. The van der Waals surface area contributed by atoms with Gasteiger partial charge < -0.3 is 5.32 Å². The quantitative estimate of drug-likeness (QED) is 0.484. The van der Waals surface area contributed by atoms with Gasteiger partial charge in [0.25, 0.3) is 5.92 Å². The molecule has 1 aliphatic carbocycles. The molecule has 142 valence electrons. The molecule has 1 fully saturated rings. The number of nitrogens with zero attached hydrogens (tertiary/aromatic N) is 1. The van der Waals surface area contributed by atoms with Gasteiger partial charge in [-0.15, -0.1) is 13.2 Å². The van der Waals surface area contributed by atoms with Crippen molar-refractivity contribution in [3.63, 3.8) is 0 Å². The van der Waals surface area contributed by atoms with Crippen molar-refractivity contribution in [1.82, 2.24) is 5.32 Å². The van der Waals surface area contributed by atoms with Crippen molar-refractivity contribution in [2.24, 2.45) is 5.92 Å². The largest absolute Gasteiger partial charge is 0.379 e. The number of nitrogens with one attached hydrogen (secondary N) is 1. The van der Waals surface area contributed by atoms with Gasteiger partial charge in [0, 0.05) is 19.5 Å². The molecule has 0 bridgehead atoms. The summed E-state index contributed by atoms with van der Waals surface area (Å²) in [5, 5.41) is 12.0. The second kappa shape index (κ2) is 10.1. The number of benzene rings is 1. The van der Waals surface area contributed by atoms with E-state index in [0.717, 1.165) is 31.2 Å². The minimum atomic E-state index is -2.88. The lowest BCUT2D eigenvalue weighted by Crippen LogP contribution is -2.10. The van der Waals surface area contributed by atoms with Gasteiger partial charge in [0.1, 0.15) is 11.8 Å². The third kappa shape index (κ3) is 5.98. The molecule has 0 aliphatic heterocycles. The van der Waals surface area contributed by atoms with Crippen molar-refractivity contribution in [3.05, 3.63) is 53.7 Å². The van der Waals surface area contributed by atoms with Crippen molar-refractivity contribution >= 4 is 5.57 Å². The van der Waals surface area contributed by atoms with E-state index in [4.69, 9.17) is 0 Å². The zero-order chi connectivity index (χ0) is 19.7. The fourth-order valence-corrected chi connectivity index (χ4v) is 3.45. The van der Waals surface area contributed by atoms with E-state index in [1.54, 1.807) is 20.0 Å². The maximum absolute atomic E-state index is 13.9. The molecule has 0 atom stereocenters. The van der Waals surface area contributed by atoms with Crippen LogP contribution in [0.3, 0.4) is 0 Å². The highest BCUT2D eigenvalue weighted by Gasteiger charge is 2.26. The van der Waals surface area contributed by atoms with Gasteiger partial charge in [0.2, 0.25) is 0 Å². The third-order valence-corrected chi connectivity index (χ3v) is 4.99. The number of alkyl halides is 2. The highest BCUT2D eigenvalue weighted by molar-refractivity contribution is 5.70. The van der Waals surface area contributed by atoms with Crippen LogP contribution < -0.4 is 5.32 Å². The lowest BCUT2D eigenvalue weighted by atomic mass is 9.92. The van der Waals surface area contributed by atoms with Crippen LogP contribution in [0, 0.1) is 17.2 Å². The number of hydrogen-bond donors (Lipinski definition) is 1. The SMILES string of the molecule is C=C.CN/C(C#N)=C(\C)c1cc(CCC2CCCC2)cc(C(C)(F)F)c1. The van der Waals surface area contributed by atoms with Crippen molar-refractivity contribution < 1.29 is 8.78 Å². The monoisotopic (exact) mass is 360 g/mol.